The van der Waals surface area contributed by atoms with Crippen molar-refractivity contribution in [1.82, 2.24) is 0 Å². The Morgan fingerprint density at radius 1 is 1.00 bits per heavy atom. The van der Waals surface area contributed by atoms with Gasteiger partial charge in [0.05, 0.1) is 27.5 Å². The molecule has 0 unspecified atom stereocenters. The average molecular weight is 349 g/mol. The van der Waals surface area contributed by atoms with Gasteiger partial charge in [0.1, 0.15) is 13.1 Å². The number of halogens is 6. The second kappa shape index (κ2) is 5.13. The molecule has 2 rings (SSSR count). The standard InChI is InChI=1S/C13H18NO.F6P/c1-14(2)8-11-6-4-5-7-13(11)12(9-14)10-15-3;1-7(2,3,4,5)6/h4-7,10H,8-9H2,1-3H3;/q+1;-1/b12-10-;. The topological polar surface area (TPSA) is 9.23 Å². The van der Waals surface area contributed by atoms with Crippen LogP contribution in [0.2, 0.25) is 0 Å². The number of methoxy groups -OCH3 is 1. The predicted octanol–water partition coefficient (Wildman–Crippen LogP) is 5.65. The van der Waals surface area contributed by atoms with Gasteiger partial charge in [-0.2, -0.15) is 0 Å². The maximum absolute atomic E-state index is 10.7. The van der Waals surface area contributed by atoms with Crippen molar-refractivity contribution in [3.8, 4) is 0 Å². The second-order valence-corrected chi connectivity index (χ2v) is 7.66. The molecule has 9 heteroatoms. The Morgan fingerprint density at radius 3 is 2.00 bits per heavy atom. The van der Waals surface area contributed by atoms with Gasteiger partial charge in [0.25, 0.3) is 0 Å². The Hall–Kier alpha value is -1.27. The van der Waals surface area contributed by atoms with Crippen molar-refractivity contribution in [2.24, 2.45) is 0 Å². The molecule has 2 nitrogen and oxygen atoms in total. The van der Waals surface area contributed by atoms with Gasteiger partial charge in [-0.05, 0) is 5.56 Å². The van der Waals surface area contributed by atoms with Crippen LogP contribution in [-0.4, -0.2) is 32.2 Å². The summed E-state index contributed by atoms with van der Waals surface area (Å²) in [5.74, 6) is 0. The molecule has 0 bridgehead atoms. The summed E-state index contributed by atoms with van der Waals surface area (Å²) in [5, 5.41) is 0. The molecule has 0 aromatic heterocycles. The van der Waals surface area contributed by atoms with Crippen molar-refractivity contribution < 1.29 is 34.4 Å². The van der Waals surface area contributed by atoms with Crippen LogP contribution in [-0.2, 0) is 11.3 Å². The van der Waals surface area contributed by atoms with Gasteiger partial charge in [-0.3, -0.25) is 0 Å². The molecule has 1 aliphatic heterocycles. The van der Waals surface area contributed by atoms with Gasteiger partial charge < -0.3 is 9.22 Å². The van der Waals surface area contributed by atoms with Gasteiger partial charge in [0, 0.05) is 11.1 Å². The van der Waals surface area contributed by atoms with Crippen molar-refractivity contribution >= 4 is 13.4 Å². The fourth-order valence-electron chi connectivity index (χ4n) is 2.28. The van der Waals surface area contributed by atoms with Gasteiger partial charge in [-0.25, -0.2) is 0 Å². The molecule has 0 aliphatic carbocycles. The normalized spacial score (nSPS) is 21.8. The first kappa shape index (κ1) is 18.8. The summed E-state index contributed by atoms with van der Waals surface area (Å²) < 4.78 is 65.3. The SMILES string of the molecule is CO/C=C1/C[N+](C)(C)Cc2ccccc21.F[P-](F)(F)(F)(F)F. The zero-order valence-corrected chi connectivity index (χ0v) is 13.3. The molecule has 0 saturated carbocycles. The third-order valence-corrected chi connectivity index (χ3v) is 2.82. The van der Waals surface area contributed by atoms with E-state index in [9.17, 15) is 25.2 Å². The fourth-order valence-corrected chi connectivity index (χ4v) is 2.28. The molecule has 1 aromatic rings. The number of likely N-dealkylation sites (N-methyl/N-ethyl adjacent to an activating group) is 1. The number of rotatable bonds is 1. The Kier molecular flexibility index (Phi) is 4.38. The van der Waals surface area contributed by atoms with Crippen LogP contribution in [0.1, 0.15) is 11.1 Å². The molecule has 0 saturated heterocycles. The summed E-state index contributed by atoms with van der Waals surface area (Å²) in [6.45, 7) is 2.13. The molecule has 1 aromatic carbocycles. The number of benzene rings is 1. The van der Waals surface area contributed by atoms with E-state index >= 15 is 0 Å². The fraction of sp³-hybridized carbons (Fsp3) is 0.385. The number of nitrogens with zero attached hydrogens (tertiary/aromatic N) is 1. The van der Waals surface area contributed by atoms with E-state index in [2.05, 4.69) is 38.4 Å². The van der Waals surface area contributed by atoms with Gasteiger partial charge in [0.2, 0.25) is 0 Å². The van der Waals surface area contributed by atoms with Crippen LogP contribution in [0.4, 0.5) is 25.2 Å². The predicted molar refractivity (Wildman–Crippen MR) is 75.7 cm³/mol. The average Bonchev–Trinajstić information content (AvgIpc) is 2.23. The van der Waals surface area contributed by atoms with E-state index in [4.69, 9.17) is 4.74 Å². The number of ether oxygens (including phenoxy) is 1. The Bertz CT molecular complexity index is 568. The quantitative estimate of drug-likeness (QED) is 0.276. The summed E-state index contributed by atoms with van der Waals surface area (Å²) in [6, 6.07) is 8.58. The van der Waals surface area contributed by atoms with Crippen molar-refractivity contribution in [1.29, 1.82) is 0 Å². The molecule has 0 radical (unpaired) electrons. The van der Waals surface area contributed by atoms with Gasteiger partial charge in [-0.15, -0.1) is 0 Å². The summed E-state index contributed by atoms with van der Waals surface area (Å²) in [6.07, 6.45) is 1.87. The van der Waals surface area contributed by atoms with Crippen LogP contribution >= 0.6 is 7.81 Å². The molecule has 0 atom stereocenters. The van der Waals surface area contributed by atoms with E-state index in [1.165, 1.54) is 16.7 Å². The molecular formula is C13H18F6NOP. The molecule has 0 amide bonds. The molecular weight excluding hydrogens is 331 g/mol. The molecule has 128 valence electrons. The van der Waals surface area contributed by atoms with Crippen molar-refractivity contribution in [2.45, 2.75) is 6.54 Å². The van der Waals surface area contributed by atoms with Crippen LogP contribution in [0.3, 0.4) is 0 Å². The molecule has 0 N–H and O–H groups in total. The van der Waals surface area contributed by atoms with Crippen molar-refractivity contribution in [3.63, 3.8) is 0 Å². The zero-order valence-electron chi connectivity index (χ0n) is 12.4. The van der Waals surface area contributed by atoms with Gasteiger partial charge in [-0.1, -0.05) is 24.3 Å². The van der Waals surface area contributed by atoms with E-state index in [-0.39, 0.29) is 0 Å². The van der Waals surface area contributed by atoms with E-state index in [1.807, 2.05) is 6.26 Å². The maximum atomic E-state index is 9.87. The molecule has 1 aliphatic rings. The van der Waals surface area contributed by atoms with E-state index < -0.39 is 7.81 Å². The van der Waals surface area contributed by atoms with E-state index in [0.717, 1.165) is 17.6 Å². The Balaban J connectivity index is 0.000000295. The van der Waals surface area contributed by atoms with Gasteiger partial charge >= 0.3 is 33.0 Å². The zero-order chi connectivity index (χ0) is 17.3. The van der Waals surface area contributed by atoms with Crippen LogP contribution in [0.25, 0.3) is 5.57 Å². The van der Waals surface area contributed by atoms with Crippen molar-refractivity contribution in [3.05, 3.63) is 41.7 Å². The first-order valence-electron chi connectivity index (χ1n) is 6.26. The minimum atomic E-state index is -10.7. The van der Waals surface area contributed by atoms with E-state index in [0.29, 0.717) is 0 Å². The van der Waals surface area contributed by atoms with E-state index in [1.54, 1.807) is 7.11 Å². The molecule has 0 spiro atoms. The van der Waals surface area contributed by atoms with Crippen molar-refractivity contribution in [2.75, 3.05) is 27.7 Å². The molecule has 1 heterocycles. The summed E-state index contributed by atoms with van der Waals surface area (Å²) in [5.41, 5.74) is 4.05. The van der Waals surface area contributed by atoms with Crippen LogP contribution in [0.15, 0.2) is 30.5 Å². The third kappa shape index (κ3) is 8.24. The summed E-state index contributed by atoms with van der Waals surface area (Å²) in [4.78, 5) is 0. The first-order chi connectivity index (χ1) is 9.57. The molecule has 22 heavy (non-hydrogen) atoms. The first-order valence-corrected chi connectivity index (χ1v) is 8.29. The number of quaternary nitrogens is 1. The molecule has 0 fully saturated rings. The van der Waals surface area contributed by atoms with Crippen LogP contribution < -0.4 is 0 Å². The summed E-state index contributed by atoms with van der Waals surface area (Å²) in [7, 11) is -4.45. The Morgan fingerprint density at radius 2 is 1.50 bits per heavy atom. The number of hydrogen-bond donors (Lipinski definition) is 0. The number of hydrogen-bond acceptors (Lipinski definition) is 1. The second-order valence-electron chi connectivity index (χ2n) is 5.75. The number of fused-ring (bicyclic) bond motifs is 1. The monoisotopic (exact) mass is 349 g/mol. The Labute approximate surface area is 124 Å². The van der Waals surface area contributed by atoms with Crippen LogP contribution in [0, 0.1) is 0 Å². The van der Waals surface area contributed by atoms with Gasteiger partial charge in [0.15, 0.2) is 0 Å². The third-order valence-electron chi connectivity index (χ3n) is 2.82. The minimum absolute atomic E-state index is 0.992. The van der Waals surface area contributed by atoms with Crippen LogP contribution in [0.5, 0.6) is 0 Å². The summed E-state index contributed by atoms with van der Waals surface area (Å²) >= 11 is 0.